The van der Waals surface area contributed by atoms with Crippen molar-refractivity contribution in [1.29, 1.82) is 0 Å². The highest BCUT2D eigenvalue weighted by Gasteiger charge is 2.27. The van der Waals surface area contributed by atoms with Crippen LogP contribution in [0.25, 0.3) is 0 Å². The summed E-state index contributed by atoms with van der Waals surface area (Å²) in [6.45, 7) is 4.25. The molecule has 0 aliphatic carbocycles. The minimum absolute atomic E-state index is 1.07. The van der Waals surface area contributed by atoms with Crippen LogP contribution in [0.1, 0.15) is 13.8 Å². The maximum atomic E-state index is 11.0. The van der Waals surface area contributed by atoms with Gasteiger partial charge < -0.3 is 8.43 Å². The summed E-state index contributed by atoms with van der Waals surface area (Å²) >= 11 is 0. The van der Waals surface area contributed by atoms with Gasteiger partial charge in [0.05, 0.1) is 0 Å². The molecule has 1 rings (SSSR count). The summed E-state index contributed by atoms with van der Waals surface area (Å²) in [6, 6.07) is 2.20. The molecule has 6 heteroatoms. The molecule has 11 heavy (non-hydrogen) atoms. The van der Waals surface area contributed by atoms with Crippen molar-refractivity contribution in [3.63, 3.8) is 0 Å². The second-order valence-electron chi connectivity index (χ2n) is 2.78. The first-order valence-electron chi connectivity index (χ1n) is 4.13. The zero-order chi connectivity index (χ0) is 8.27. The first kappa shape index (κ1) is 9.67. The molecule has 0 aromatic carbocycles. The van der Waals surface area contributed by atoms with E-state index in [-0.39, 0.29) is 0 Å². The number of hydrogen-bond donors (Lipinski definition) is 0. The molecule has 1 aliphatic heterocycles. The Bertz CT molecular complexity index is 141. The average molecular weight is 210 g/mol. The highest BCUT2D eigenvalue weighted by molar-refractivity contribution is 7.38. The maximum absolute atomic E-state index is 11.0. The Morgan fingerprint density at radius 1 is 1.27 bits per heavy atom. The first-order valence-corrected chi connectivity index (χ1v) is 9.56. The molecule has 66 valence electrons. The highest BCUT2D eigenvalue weighted by atomic mass is 31.1. The predicted molar refractivity (Wildman–Crippen MR) is 51.2 cm³/mol. The lowest BCUT2D eigenvalue weighted by Gasteiger charge is -2.25. The molecule has 0 spiro atoms. The minimum atomic E-state index is -2.04. The van der Waals surface area contributed by atoms with E-state index < -0.39 is 26.3 Å². The van der Waals surface area contributed by atoms with Gasteiger partial charge in [-0.1, -0.05) is 13.8 Å². The summed E-state index contributed by atoms with van der Waals surface area (Å²) in [6.07, 6.45) is 0. The Morgan fingerprint density at radius 3 is 2.09 bits per heavy atom. The normalized spacial score (nSPS) is 38.9. The van der Waals surface area contributed by atoms with Crippen LogP contribution in [0, 0.1) is 0 Å². The molecule has 0 saturated carbocycles. The standard InChI is InChI=1S/C5H15O3PSi2/c1-3-10-5-11(4-2)8-9(6)7-10/h9-11H,3-5H2,1-2H3. The van der Waals surface area contributed by atoms with Crippen LogP contribution >= 0.6 is 8.25 Å². The van der Waals surface area contributed by atoms with Crippen molar-refractivity contribution in [2.45, 2.75) is 31.6 Å². The van der Waals surface area contributed by atoms with Gasteiger partial charge in [-0.2, -0.15) is 0 Å². The van der Waals surface area contributed by atoms with E-state index in [0.29, 0.717) is 0 Å². The fourth-order valence-electron chi connectivity index (χ4n) is 1.19. The Hall–Kier alpha value is 0.584. The number of rotatable bonds is 2. The van der Waals surface area contributed by atoms with E-state index in [1.54, 1.807) is 0 Å². The van der Waals surface area contributed by atoms with Crippen LogP contribution in [0.15, 0.2) is 0 Å². The van der Waals surface area contributed by atoms with E-state index in [1.165, 1.54) is 5.67 Å². The predicted octanol–water partition coefficient (Wildman–Crippen LogP) is 1.45. The van der Waals surface area contributed by atoms with E-state index in [2.05, 4.69) is 13.8 Å². The van der Waals surface area contributed by atoms with E-state index in [4.69, 9.17) is 8.43 Å². The quantitative estimate of drug-likeness (QED) is 0.511. The van der Waals surface area contributed by atoms with Gasteiger partial charge in [-0.25, -0.2) is 0 Å². The molecule has 0 aromatic heterocycles. The van der Waals surface area contributed by atoms with E-state index in [1.807, 2.05) is 0 Å². The van der Waals surface area contributed by atoms with Gasteiger partial charge in [0.2, 0.25) is 0 Å². The second kappa shape index (κ2) is 4.57. The van der Waals surface area contributed by atoms with Crippen LogP contribution in [0.2, 0.25) is 17.8 Å². The van der Waals surface area contributed by atoms with Crippen molar-refractivity contribution >= 4 is 26.3 Å². The molecule has 0 N–H and O–H groups in total. The van der Waals surface area contributed by atoms with Gasteiger partial charge in [0.25, 0.3) is 8.25 Å². The molecule has 0 radical (unpaired) electrons. The third kappa shape index (κ3) is 2.84. The zero-order valence-corrected chi connectivity index (χ0v) is 10.3. The monoisotopic (exact) mass is 210 g/mol. The summed E-state index contributed by atoms with van der Waals surface area (Å²) in [5.74, 6) is 0. The summed E-state index contributed by atoms with van der Waals surface area (Å²) < 4.78 is 21.5. The van der Waals surface area contributed by atoms with Crippen molar-refractivity contribution in [2.75, 3.05) is 0 Å². The van der Waals surface area contributed by atoms with E-state index in [9.17, 15) is 4.57 Å². The summed E-state index contributed by atoms with van der Waals surface area (Å²) in [5.41, 5.74) is 1.17. The smallest absolute Gasteiger partial charge is 0.299 e. The van der Waals surface area contributed by atoms with E-state index >= 15 is 0 Å². The van der Waals surface area contributed by atoms with Gasteiger partial charge in [-0.3, -0.25) is 4.57 Å². The Labute approximate surface area is 71.5 Å². The molecule has 2 unspecified atom stereocenters. The molecular formula is C5H15O3PSi2. The molecule has 0 amide bonds. The molecule has 1 saturated heterocycles. The number of hydrogen-bond acceptors (Lipinski definition) is 3. The topological polar surface area (TPSA) is 35.5 Å². The summed E-state index contributed by atoms with van der Waals surface area (Å²) in [5, 5.41) is 0. The maximum Gasteiger partial charge on any atom is 0.299 e. The molecule has 2 atom stereocenters. The van der Waals surface area contributed by atoms with Gasteiger partial charge in [-0.05, 0) is 17.8 Å². The lowest BCUT2D eigenvalue weighted by Crippen LogP contribution is -2.30. The fraction of sp³-hybridized carbons (Fsp3) is 1.00. The lowest BCUT2D eigenvalue weighted by atomic mass is 11.0. The van der Waals surface area contributed by atoms with Crippen LogP contribution in [-0.2, 0) is 13.0 Å². The van der Waals surface area contributed by atoms with Crippen LogP contribution < -0.4 is 0 Å². The third-order valence-electron chi connectivity index (χ3n) is 1.96. The van der Waals surface area contributed by atoms with Gasteiger partial charge in [0.1, 0.15) is 0 Å². The van der Waals surface area contributed by atoms with Crippen molar-refractivity contribution in [3.05, 3.63) is 0 Å². The zero-order valence-electron chi connectivity index (χ0n) is 7.00. The van der Waals surface area contributed by atoms with Crippen LogP contribution in [0.3, 0.4) is 0 Å². The summed E-state index contributed by atoms with van der Waals surface area (Å²) in [4.78, 5) is 0. The van der Waals surface area contributed by atoms with Crippen molar-refractivity contribution in [2.24, 2.45) is 0 Å². The van der Waals surface area contributed by atoms with Gasteiger partial charge in [0, 0.05) is 0 Å². The van der Waals surface area contributed by atoms with Gasteiger partial charge >= 0.3 is 0 Å². The Balaban J connectivity index is 2.43. The third-order valence-corrected chi connectivity index (χ3v) is 12.2. The highest BCUT2D eigenvalue weighted by Crippen LogP contribution is 2.35. The molecule has 1 fully saturated rings. The molecule has 3 nitrogen and oxygen atoms in total. The van der Waals surface area contributed by atoms with Crippen LogP contribution in [-0.4, -0.2) is 18.1 Å². The van der Waals surface area contributed by atoms with Gasteiger partial charge in [-0.15, -0.1) is 0 Å². The average Bonchev–Trinajstić information content (AvgIpc) is 2.03. The summed E-state index contributed by atoms with van der Waals surface area (Å²) in [7, 11) is -4.18. The largest absolute Gasteiger partial charge is 0.357 e. The minimum Gasteiger partial charge on any atom is -0.357 e. The first-order chi connectivity index (χ1) is 5.26. The second-order valence-corrected chi connectivity index (χ2v) is 11.2. The molecule has 1 heterocycles. The van der Waals surface area contributed by atoms with Crippen molar-refractivity contribution in [1.82, 2.24) is 0 Å². The molecular weight excluding hydrogens is 195 g/mol. The van der Waals surface area contributed by atoms with Crippen LogP contribution in [0.5, 0.6) is 0 Å². The van der Waals surface area contributed by atoms with Crippen molar-refractivity contribution < 1.29 is 13.0 Å². The molecule has 0 aromatic rings. The van der Waals surface area contributed by atoms with Gasteiger partial charge in [0.15, 0.2) is 18.1 Å². The lowest BCUT2D eigenvalue weighted by molar-refractivity contribution is 0.409. The SMILES string of the molecule is CC[SiH]1C[SiH](CC)O[PH](=O)O1. The molecule has 0 bridgehead atoms. The molecule has 1 aliphatic rings. The van der Waals surface area contributed by atoms with Crippen molar-refractivity contribution in [3.8, 4) is 0 Å². The van der Waals surface area contributed by atoms with E-state index in [0.717, 1.165) is 12.1 Å². The Morgan fingerprint density at radius 2 is 1.73 bits per heavy atom. The fourth-order valence-corrected chi connectivity index (χ4v) is 12.9. The Kier molecular flexibility index (Phi) is 4.02. The van der Waals surface area contributed by atoms with Crippen LogP contribution in [0.4, 0.5) is 0 Å².